The molecular weight excluding hydrogens is 232 g/mol. The highest BCUT2D eigenvalue weighted by Gasteiger charge is 1.94. The maximum atomic E-state index is 4.15. The summed E-state index contributed by atoms with van der Waals surface area (Å²) in [6.45, 7) is 1.76. The lowest BCUT2D eigenvalue weighted by Crippen LogP contribution is -2.05. The van der Waals surface area contributed by atoms with Gasteiger partial charge in [-0.1, -0.05) is 0 Å². The Hall–Kier alpha value is -1.10. The van der Waals surface area contributed by atoms with E-state index < -0.39 is 0 Å². The van der Waals surface area contributed by atoms with Crippen molar-refractivity contribution in [2.24, 2.45) is 0 Å². The molecule has 0 bridgehead atoms. The van der Waals surface area contributed by atoms with Gasteiger partial charge >= 0.3 is 0 Å². The minimum absolute atomic E-state index is 0.863. The minimum Gasteiger partial charge on any atom is -0.336 e. The summed E-state index contributed by atoms with van der Waals surface area (Å²) < 4.78 is 4.93. The molecule has 0 N–H and O–H groups in total. The second-order valence-corrected chi connectivity index (χ2v) is 3.64. The van der Waals surface area contributed by atoms with Gasteiger partial charge in [0.2, 0.25) is 0 Å². The molecule has 0 aliphatic rings. The van der Waals surface area contributed by atoms with Crippen LogP contribution in [-0.4, -0.2) is 19.3 Å². The first kappa shape index (κ1) is 8.50. The number of nitrogens with zero attached hydrogens (tertiary/aromatic N) is 4. The molecule has 0 spiro atoms. The Morgan fingerprint density at radius 3 is 2.92 bits per heavy atom. The highest BCUT2D eigenvalue weighted by Crippen LogP contribution is 2.05. The summed E-state index contributed by atoms with van der Waals surface area (Å²) >= 11 is 3.35. The lowest BCUT2D eigenvalue weighted by molar-refractivity contribution is 0.533. The number of rotatable bonds is 3. The monoisotopic (exact) mass is 240 g/mol. The van der Waals surface area contributed by atoms with Crippen LogP contribution in [0.4, 0.5) is 0 Å². The topological polar surface area (TPSA) is 35.6 Å². The van der Waals surface area contributed by atoms with Gasteiger partial charge in [0.1, 0.15) is 0 Å². The Morgan fingerprint density at radius 2 is 2.31 bits per heavy atom. The fraction of sp³-hybridized carbons (Fsp3) is 0.250. The van der Waals surface area contributed by atoms with Crippen LogP contribution in [0.15, 0.2) is 35.6 Å². The Morgan fingerprint density at radius 1 is 1.38 bits per heavy atom. The van der Waals surface area contributed by atoms with E-state index in [-0.39, 0.29) is 0 Å². The molecule has 0 aliphatic carbocycles. The van der Waals surface area contributed by atoms with Gasteiger partial charge in [-0.2, -0.15) is 5.10 Å². The molecule has 0 aliphatic heterocycles. The molecular formula is C8H9BrN4. The molecule has 0 fully saturated rings. The van der Waals surface area contributed by atoms with E-state index in [9.17, 15) is 0 Å². The molecule has 2 rings (SSSR count). The molecule has 0 atom stereocenters. The van der Waals surface area contributed by atoms with Crippen LogP contribution < -0.4 is 0 Å². The molecule has 0 radical (unpaired) electrons. The van der Waals surface area contributed by atoms with Crippen molar-refractivity contribution in [3.63, 3.8) is 0 Å². The molecule has 0 saturated carbocycles. The molecule has 4 nitrogen and oxygen atoms in total. The van der Waals surface area contributed by atoms with Crippen LogP contribution in [0.1, 0.15) is 0 Å². The fourth-order valence-electron chi connectivity index (χ4n) is 1.10. The Labute approximate surface area is 84.3 Å². The van der Waals surface area contributed by atoms with Gasteiger partial charge in [0.15, 0.2) is 0 Å². The quantitative estimate of drug-likeness (QED) is 0.817. The molecule has 0 unspecified atom stereocenters. The summed E-state index contributed by atoms with van der Waals surface area (Å²) in [7, 11) is 0. The van der Waals surface area contributed by atoms with E-state index in [4.69, 9.17) is 0 Å². The second-order valence-electron chi connectivity index (χ2n) is 2.72. The minimum atomic E-state index is 0.863. The molecule has 13 heavy (non-hydrogen) atoms. The smallest absolute Gasteiger partial charge is 0.0946 e. The normalized spacial score (nSPS) is 10.5. The molecule has 0 aromatic carbocycles. The second kappa shape index (κ2) is 3.74. The molecule has 0 saturated heterocycles. The Balaban J connectivity index is 1.93. The van der Waals surface area contributed by atoms with Crippen molar-refractivity contribution < 1.29 is 0 Å². The largest absolute Gasteiger partial charge is 0.336 e. The SMILES string of the molecule is Brc1cnn(CCn2ccnc2)c1. The third-order valence-corrected chi connectivity index (χ3v) is 2.16. The van der Waals surface area contributed by atoms with E-state index in [1.54, 1.807) is 18.7 Å². The number of hydrogen-bond donors (Lipinski definition) is 0. The molecule has 5 heteroatoms. The van der Waals surface area contributed by atoms with Gasteiger partial charge in [0.25, 0.3) is 0 Å². The van der Waals surface area contributed by atoms with Crippen molar-refractivity contribution in [1.82, 2.24) is 19.3 Å². The molecule has 2 heterocycles. The van der Waals surface area contributed by atoms with Crippen LogP contribution >= 0.6 is 15.9 Å². The van der Waals surface area contributed by atoms with Crippen LogP contribution in [0.3, 0.4) is 0 Å². The molecule has 0 amide bonds. The van der Waals surface area contributed by atoms with Gasteiger partial charge in [-0.15, -0.1) is 0 Å². The first-order valence-corrected chi connectivity index (χ1v) is 4.77. The van der Waals surface area contributed by atoms with Gasteiger partial charge in [0, 0.05) is 25.1 Å². The summed E-state index contributed by atoms with van der Waals surface area (Å²) in [5.41, 5.74) is 0. The summed E-state index contributed by atoms with van der Waals surface area (Å²) in [4.78, 5) is 3.96. The van der Waals surface area contributed by atoms with Crippen molar-refractivity contribution in [3.8, 4) is 0 Å². The maximum Gasteiger partial charge on any atom is 0.0946 e. The van der Waals surface area contributed by atoms with E-state index in [0.29, 0.717) is 0 Å². The predicted octanol–water partition coefficient (Wildman–Crippen LogP) is 1.54. The third-order valence-electron chi connectivity index (χ3n) is 1.75. The summed E-state index contributed by atoms with van der Waals surface area (Å²) in [6.07, 6.45) is 9.26. The van der Waals surface area contributed by atoms with Crippen LogP contribution in [-0.2, 0) is 13.1 Å². The molecule has 2 aromatic rings. The zero-order valence-electron chi connectivity index (χ0n) is 6.97. The van der Waals surface area contributed by atoms with Gasteiger partial charge in [-0.3, -0.25) is 4.68 Å². The zero-order chi connectivity index (χ0) is 9.10. The van der Waals surface area contributed by atoms with Gasteiger partial charge in [-0.05, 0) is 15.9 Å². The van der Waals surface area contributed by atoms with Crippen molar-refractivity contribution in [2.45, 2.75) is 13.1 Å². The van der Waals surface area contributed by atoms with E-state index >= 15 is 0 Å². The average Bonchev–Trinajstić information content (AvgIpc) is 2.71. The first-order chi connectivity index (χ1) is 6.34. The molecule has 2 aromatic heterocycles. The van der Waals surface area contributed by atoms with Crippen molar-refractivity contribution >= 4 is 15.9 Å². The lowest BCUT2D eigenvalue weighted by Gasteiger charge is -2.01. The van der Waals surface area contributed by atoms with E-state index in [1.165, 1.54) is 0 Å². The number of imidazole rings is 1. The van der Waals surface area contributed by atoms with E-state index in [0.717, 1.165) is 17.6 Å². The van der Waals surface area contributed by atoms with Crippen LogP contribution in [0, 0.1) is 0 Å². The standard InChI is InChI=1S/C8H9BrN4/c9-8-5-11-13(6-8)4-3-12-2-1-10-7-12/h1-2,5-7H,3-4H2. The Kier molecular flexibility index (Phi) is 2.44. The van der Waals surface area contributed by atoms with Crippen molar-refractivity contribution in [3.05, 3.63) is 35.6 Å². The lowest BCUT2D eigenvalue weighted by atomic mass is 10.6. The summed E-state index contributed by atoms with van der Waals surface area (Å²) in [5.74, 6) is 0. The Bertz CT molecular complexity index is 365. The number of hydrogen-bond acceptors (Lipinski definition) is 2. The van der Waals surface area contributed by atoms with Crippen molar-refractivity contribution in [1.29, 1.82) is 0 Å². The van der Waals surface area contributed by atoms with Gasteiger partial charge < -0.3 is 4.57 Å². The highest BCUT2D eigenvalue weighted by atomic mass is 79.9. The zero-order valence-corrected chi connectivity index (χ0v) is 8.55. The number of aryl methyl sites for hydroxylation is 2. The molecule has 68 valence electrons. The van der Waals surface area contributed by atoms with E-state index in [1.807, 2.05) is 21.6 Å². The first-order valence-electron chi connectivity index (χ1n) is 3.98. The number of halogens is 1. The van der Waals surface area contributed by atoms with E-state index in [2.05, 4.69) is 26.0 Å². The van der Waals surface area contributed by atoms with Gasteiger partial charge in [-0.25, -0.2) is 4.98 Å². The highest BCUT2D eigenvalue weighted by molar-refractivity contribution is 9.10. The van der Waals surface area contributed by atoms with Crippen LogP contribution in [0.5, 0.6) is 0 Å². The average molecular weight is 241 g/mol. The third kappa shape index (κ3) is 2.18. The summed E-state index contributed by atoms with van der Waals surface area (Å²) in [5, 5.41) is 4.15. The summed E-state index contributed by atoms with van der Waals surface area (Å²) in [6, 6.07) is 0. The predicted molar refractivity (Wildman–Crippen MR) is 52.2 cm³/mol. The van der Waals surface area contributed by atoms with Crippen LogP contribution in [0.25, 0.3) is 0 Å². The fourth-order valence-corrected chi connectivity index (χ4v) is 1.43. The maximum absolute atomic E-state index is 4.15. The van der Waals surface area contributed by atoms with Crippen molar-refractivity contribution in [2.75, 3.05) is 0 Å². The van der Waals surface area contributed by atoms with Crippen LogP contribution in [0.2, 0.25) is 0 Å². The number of aromatic nitrogens is 4. The van der Waals surface area contributed by atoms with Gasteiger partial charge in [0.05, 0.1) is 23.5 Å².